The van der Waals surface area contributed by atoms with Crippen molar-refractivity contribution in [3.63, 3.8) is 0 Å². The number of anilines is 3. The number of nitrogens with zero attached hydrogens (tertiary/aromatic N) is 2. The van der Waals surface area contributed by atoms with Gasteiger partial charge in [-0.25, -0.2) is 0 Å². The number of hydrogen-bond acceptors (Lipinski definition) is 2. The Bertz CT molecular complexity index is 3110. The topological polar surface area (TPSA) is 21.3 Å². The van der Waals surface area contributed by atoms with E-state index in [2.05, 4.69) is 191 Å². The first-order valence-corrected chi connectivity index (χ1v) is 18.1. The zero-order chi connectivity index (χ0) is 34.9. The van der Waals surface area contributed by atoms with Crippen LogP contribution in [-0.4, -0.2) is 4.57 Å². The third-order valence-electron chi connectivity index (χ3n) is 10.8. The van der Waals surface area contributed by atoms with Crippen molar-refractivity contribution in [1.82, 2.24) is 4.57 Å². The maximum atomic E-state index is 6.22. The summed E-state index contributed by atoms with van der Waals surface area (Å²) in [5, 5.41) is 9.52. The van der Waals surface area contributed by atoms with Gasteiger partial charge in [0.2, 0.25) is 0 Å². The van der Waals surface area contributed by atoms with Gasteiger partial charge >= 0.3 is 0 Å². The van der Waals surface area contributed by atoms with Crippen molar-refractivity contribution in [2.24, 2.45) is 0 Å². The summed E-state index contributed by atoms with van der Waals surface area (Å²) in [6.07, 6.45) is 0. The Kier molecular flexibility index (Phi) is 6.55. The Morgan fingerprint density at radius 3 is 1.70 bits per heavy atom. The second-order valence-electron chi connectivity index (χ2n) is 13.7. The molecule has 248 valence electrons. The summed E-state index contributed by atoms with van der Waals surface area (Å²) >= 11 is 0. The van der Waals surface area contributed by atoms with E-state index >= 15 is 0 Å². The van der Waals surface area contributed by atoms with Crippen molar-refractivity contribution in [3.05, 3.63) is 194 Å². The van der Waals surface area contributed by atoms with Crippen LogP contribution in [0.2, 0.25) is 0 Å². The fraction of sp³-hybridized carbons (Fsp3) is 0. The van der Waals surface area contributed by atoms with Gasteiger partial charge in [-0.05, 0) is 70.9 Å². The molecular weight excluding hydrogens is 645 g/mol. The predicted octanol–water partition coefficient (Wildman–Crippen LogP) is 14.1. The van der Waals surface area contributed by atoms with Crippen LogP contribution in [0.1, 0.15) is 0 Å². The summed E-state index contributed by atoms with van der Waals surface area (Å²) in [6.45, 7) is 0. The monoisotopic (exact) mass is 676 g/mol. The highest BCUT2D eigenvalue weighted by Crippen LogP contribution is 2.46. The van der Waals surface area contributed by atoms with E-state index in [0.717, 1.165) is 61.3 Å². The lowest BCUT2D eigenvalue weighted by Gasteiger charge is -2.30. The van der Waals surface area contributed by atoms with E-state index in [1.54, 1.807) is 0 Å². The minimum absolute atomic E-state index is 0.896. The zero-order valence-corrected chi connectivity index (χ0v) is 28.8. The van der Waals surface area contributed by atoms with E-state index in [1.807, 2.05) is 12.1 Å². The van der Waals surface area contributed by atoms with Crippen molar-refractivity contribution in [1.29, 1.82) is 0 Å². The number of furan rings is 1. The van der Waals surface area contributed by atoms with Crippen LogP contribution in [0.3, 0.4) is 0 Å². The molecule has 0 aliphatic carbocycles. The van der Waals surface area contributed by atoms with Crippen LogP contribution in [0.25, 0.3) is 82.1 Å². The summed E-state index contributed by atoms with van der Waals surface area (Å²) in [7, 11) is 0. The minimum atomic E-state index is 0.896. The lowest BCUT2D eigenvalue weighted by Crippen LogP contribution is -2.12. The predicted molar refractivity (Wildman–Crippen MR) is 223 cm³/mol. The van der Waals surface area contributed by atoms with Gasteiger partial charge in [-0.15, -0.1) is 0 Å². The minimum Gasteiger partial charge on any atom is -0.456 e. The highest BCUT2D eigenvalue weighted by atomic mass is 16.3. The Morgan fingerprint density at radius 2 is 0.925 bits per heavy atom. The van der Waals surface area contributed by atoms with Crippen molar-refractivity contribution in [3.8, 4) is 16.8 Å². The SMILES string of the molecule is c1ccc(N(c2cccc3ccccc23)c2cccc3ccccc23)c(-c2ccc3c4ccccc4n(-c4ccc5oc6ccccc6c5c4)c3c2)c1. The Morgan fingerprint density at radius 1 is 0.358 bits per heavy atom. The van der Waals surface area contributed by atoms with Crippen LogP contribution in [0.15, 0.2) is 199 Å². The van der Waals surface area contributed by atoms with Gasteiger partial charge in [0.25, 0.3) is 0 Å². The third kappa shape index (κ3) is 4.61. The Balaban J connectivity index is 1.17. The number of hydrogen-bond donors (Lipinski definition) is 0. The molecule has 0 aliphatic rings. The molecule has 0 saturated heterocycles. The van der Waals surface area contributed by atoms with Gasteiger partial charge in [0, 0.05) is 43.6 Å². The van der Waals surface area contributed by atoms with Gasteiger partial charge in [-0.2, -0.15) is 0 Å². The molecule has 11 rings (SSSR count). The van der Waals surface area contributed by atoms with Crippen LogP contribution < -0.4 is 4.90 Å². The average molecular weight is 677 g/mol. The molecular formula is C50H32N2O. The largest absolute Gasteiger partial charge is 0.456 e. The lowest BCUT2D eigenvalue weighted by molar-refractivity contribution is 0.669. The van der Waals surface area contributed by atoms with Gasteiger partial charge in [0.1, 0.15) is 11.2 Å². The second kappa shape index (κ2) is 11.7. The zero-order valence-electron chi connectivity index (χ0n) is 28.8. The Labute approximate surface area is 306 Å². The van der Waals surface area contributed by atoms with Crippen LogP contribution in [0, 0.1) is 0 Å². The van der Waals surface area contributed by atoms with Crippen LogP contribution in [0.4, 0.5) is 17.1 Å². The van der Waals surface area contributed by atoms with Gasteiger partial charge in [0.05, 0.1) is 28.1 Å². The van der Waals surface area contributed by atoms with Gasteiger partial charge in [-0.1, -0.05) is 140 Å². The first-order valence-electron chi connectivity index (χ1n) is 18.1. The van der Waals surface area contributed by atoms with E-state index in [4.69, 9.17) is 4.42 Å². The molecule has 0 spiro atoms. The maximum absolute atomic E-state index is 6.22. The quantitative estimate of drug-likeness (QED) is 0.181. The molecule has 3 heteroatoms. The van der Waals surface area contributed by atoms with E-state index < -0.39 is 0 Å². The van der Waals surface area contributed by atoms with Crippen molar-refractivity contribution >= 4 is 82.4 Å². The van der Waals surface area contributed by atoms with Gasteiger partial charge in [0.15, 0.2) is 0 Å². The van der Waals surface area contributed by atoms with Crippen molar-refractivity contribution < 1.29 is 4.42 Å². The molecule has 0 aliphatic heterocycles. The molecule has 0 bridgehead atoms. The van der Waals surface area contributed by atoms with E-state index in [1.165, 1.54) is 37.8 Å². The average Bonchev–Trinajstić information content (AvgIpc) is 3.76. The van der Waals surface area contributed by atoms with Crippen LogP contribution >= 0.6 is 0 Å². The lowest BCUT2D eigenvalue weighted by atomic mass is 9.98. The number of aromatic nitrogens is 1. The van der Waals surface area contributed by atoms with Gasteiger partial charge < -0.3 is 13.9 Å². The highest BCUT2D eigenvalue weighted by Gasteiger charge is 2.22. The number of fused-ring (bicyclic) bond motifs is 8. The molecule has 0 amide bonds. The van der Waals surface area contributed by atoms with E-state index in [-0.39, 0.29) is 0 Å². The van der Waals surface area contributed by atoms with Crippen LogP contribution in [-0.2, 0) is 0 Å². The first kappa shape index (κ1) is 29.6. The Hall–Kier alpha value is -7.10. The fourth-order valence-corrected chi connectivity index (χ4v) is 8.38. The van der Waals surface area contributed by atoms with E-state index in [0.29, 0.717) is 0 Å². The molecule has 0 N–H and O–H groups in total. The summed E-state index contributed by atoms with van der Waals surface area (Å²) in [5.74, 6) is 0. The first-order chi connectivity index (χ1) is 26.3. The molecule has 11 aromatic rings. The molecule has 0 atom stereocenters. The molecule has 0 radical (unpaired) electrons. The number of para-hydroxylation sites is 3. The molecule has 0 fully saturated rings. The van der Waals surface area contributed by atoms with Crippen LogP contribution in [0.5, 0.6) is 0 Å². The fourth-order valence-electron chi connectivity index (χ4n) is 8.38. The molecule has 0 saturated carbocycles. The van der Waals surface area contributed by atoms with Crippen molar-refractivity contribution in [2.75, 3.05) is 4.90 Å². The standard InChI is InChI=1S/C50H32N2O/c1-3-17-37-33(13-1)15-11-24-45(37)52(46-25-12-16-34-14-2-4-18-38(34)46)44-22-8-5-19-39(44)35-27-29-41-40-20-6-9-23-47(40)51(48(41)31-35)36-28-30-50-43(32-36)42-21-7-10-26-49(42)53-50/h1-32H. The summed E-state index contributed by atoms with van der Waals surface area (Å²) in [5.41, 5.74) is 10.9. The highest BCUT2D eigenvalue weighted by molar-refractivity contribution is 6.12. The summed E-state index contributed by atoms with van der Waals surface area (Å²) in [4.78, 5) is 2.46. The smallest absolute Gasteiger partial charge is 0.135 e. The molecule has 2 aromatic heterocycles. The molecule has 2 heterocycles. The summed E-state index contributed by atoms with van der Waals surface area (Å²) < 4.78 is 8.63. The van der Waals surface area contributed by atoms with E-state index in [9.17, 15) is 0 Å². The molecule has 3 nitrogen and oxygen atoms in total. The number of rotatable bonds is 5. The third-order valence-corrected chi connectivity index (χ3v) is 10.8. The van der Waals surface area contributed by atoms with Gasteiger partial charge in [-0.3, -0.25) is 0 Å². The number of benzene rings is 9. The second-order valence-corrected chi connectivity index (χ2v) is 13.7. The molecule has 53 heavy (non-hydrogen) atoms. The maximum Gasteiger partial charge on any atom is 0.135 e. The molecule has 9 aromatic carbocycles. The van der Waals surface area contributed by atoms with Crippen molar-refractivity contribution in [2.45, 2.75) is 0 Å². The normalized spacial score (nSPS) is 11.8. The summed E-state index contributed by atoms with van der Waals surface area (Å²) in [6, 6.07) is 69.9. The molecule has 0 unspecified atom stereocenters.